The van der Waals surface area contributed by atoms with Crippen LogP contribution in [-0.4, -0.2) is 31.2 Å². The summed E-state index contributed by atoms with van der Waals surface area (Å²) in [5, 5.41) is 17.3. The second kappa shape index (κ2) is 7.60. The molecule has 2 rings (SSSR count). The average molecular weight is 318 g/mol. The number of carbonyl (C=O) groups excluding carboxylic acids is 1. The fourth-order valence-corrected chi connectivity index (χ4v) is 1.88. The topological polar surface area (TPSA) is 84.7 Å². The number of anilines is 1. The van der Waals surface area contributed by atoms with Gasteiger partial charge in [-0.1, -0.05) is 36.1 Å². The molecule has 7 nitrogen and oxygen atoms in total. The summed E-state index contributed by atoms with van der Waals surface area (Å²) in [5.74, 6) is -0.0128. The van der Waals surface area contributed by atoms with Crippen LogP contribution in [0.5, 0.6) is 0 Å². The first-order valence-electron chi connectivity index (χ1n) is 7.05. The Hall–Kier alpha value is -2.35. The molecule has 8 heteroatoms. The average Bonchev–Trinajstić information content (AvgIpc) is 2.93. The minimum Gasteiger partial charge on any atom is -0.299 e. The molecule has 1 amide bonds. The van der Waals surface area contributed by atoms with Crippen molar-refractivity contribution in [1.29, 1.82) is 0 Å². The van der Waals surface area contributed by atoms with Crippen molar-refractivity contribution in [2.24, 2.45) is 0 Å². The van der Waals surface area contributed by atoms with Crippen molar-refractivity contribution in [1.82, 2.24) is 25.5 Å². The molecular weight excluding hydrogens is 300 g/mol. The summed E-state index contributed by atoms with van der Waals surface area (Å²) in [6.45, 7) is 4.75. The lowest BCUT2D eigenvalue weighted by Crippen LogP contribution is -2.34. The van der Waals surface area contributed by atoms with Crippen LogP contribution >= 0.6 is 12.2 Å². The summed E-state index contributed by atoms with van der Waals surface area (Å²) in [6, 6.07) is 7.22. The van der Waals surface area contributed by atoms with Gasteiger partial charge in [0.15, 0.2) is 5.11 Å². The maximum Gasteiger partial charge on any atom is 0.269 e. The van der Waals surface area contributed by atoms with Gasteiger partial charge in [-0.05, 0) is 42.9 Å². The third kappa shape index (κ3) is 4.59. The SMILES string of the molecule is CCCCn1nnc(NC(=S)NC(=O)c2ccc(C)cc2)n1. The largest absolute Gasteiger partial charge is 0.299 e. The van der Waals surface area contributed by atoms with Crippen molar-refractivity contribution in [2.45, 2.75) is 33.2 Å². The van der Waals surface area contributed by atoms with E-state index in [1.807, 2.05) is 19.1 Å². The maximum atomic E-state index is 12.0. The van der Waals surface area contributed by atoms with Gasteiger partial charge in [0.1, 0.15) is 0 Å². The van der Waals surface area contributed by atoms with Crippen LogP contribution in [0.1, 0.15) is 35.7 Å². The van der Waals surface area contributed by atoms with E-state index < -0.39 is 0 Å². The predicted octanol–water partition coefficient (Wildman–Crippen LogP) is 1.91. The molecule has 0 unspecified atom stereocenters. The molecule has 2 N–H and O–H groups in total. The molecule has 0 saturated heterocycles. The molecule has 0 saturated carbocycles. The Balaban J connectivity index is 1.88. The molecule has 1 aromatic heterocycles. The summed E-state index contributed by atoms with van der Waals surface area (Å²) in [5.41, 5.74) is 1.62. The number of nitrogens with one attached hydrogen (secondary N) is 2. The number of tetrazole rings is 1. The third-order valence-electron chi connectivity index (χ3n) is 2.93. The number of nitrogens with zero attached hydrogens (tertiary/aromatic N) is 4. The highest BCUT2D eigenvalue weighted by molar-refractivity contribution is 7.80. The lowest BCUT2D eigenvalue weighted by Gasteiger charge is -2.06. The smallest absolute Gasteiger partial charge is 0.269 e. The first-order chi connectivity index (χ1) is 10.6. The Kier molecular flexibility index (Phi) is 5.54. The van der Waals surface area contributed by atoms with Gasteiger partial charge in [0.05, 0.1) is 6.54 Å². The van der Waals surface area contributed by atoms with Gasteiger partial charge in [0, 0.05) is 5.56 Å². The molecule has 1 aromatic carbocycles. The second-order valence-corrected chi connectivity index (χ2v) is 5.25. The fraction of sp³-hybridized carbons (Fsp3) is 0.357. The lowest BCUT2D eigenvalue weighted by molar-refractivity contribution is 0.0977. The van der Waals surface area contributed by atoms with Crippen molar-refractivity contribution < 1.29 is 4.79 Å². The van der Waals surface area contributed by atoms with Crippen LogP contribution in [0.4, 0.5) is 5.95 Å². The van der Waals surface area contributed by atoms with Crippen molar-refractivity contribution in [2.75, 3.05) is 5.32 Å². The zero-order valence-electron chi connectivity index (χ0n) is 12.5. The summed E-state index contributed by atoms with van der Waals surface area (Å²) in [7, 11) is 0. The van der Waals surface area contributed by atoms with Gasteiger partial charge in [-0.15, -0.1) is 5.10 Å². The van der Waals surface area contributed by atoms with E-state index >= 15 is 0 Å². The number of aromatic nitrogens is 4. The highest BCUT2D eigenvalue weighted by Crippen LogP contribution is 2.03. The fourth-order valence-electron chi connectivity index (χ4n) is 1.70. The molecule has 0 aliphatic rings. The van der Waals surface area contributed by atoms with Gasteiger partial charge in [-0.2, -0.15) is 4.80 Å². The van der Waals surface area contributed by atoms with Crippen LogP contribution in [0.15, 0.2) is 24.3 Å². The molecule has 0 aliphatic carbocycles. The Bertz CT molecular complexity index is 652. The summed E-state index contributed by atoms with van der Waals surface area (Å²) in [4.78, 5) is 13.5. The van der Waals surface area contributed by atoms with Gasteiger partial charge in [-0.25, -0.2) is 0 Å². The van der Waals surface area contributed by atoms with Gasteiger partial charge in [0.25, 0.3) is 11.9 Å². The maximum absolute atomic E-state index is 12.0. The van der Waals surface area contributed by atoms with Gasteiger partial charge in [-0.3, -0.25) is 15.4 Å². The number of amides is 1. The van der Waals surface area contributed by atoms with Crippen LogP contribution in [0.2, 0.25) is 0 Å². The van der Waals surface area contributed by atoms with Crippen molar-refractivity contribution in [3.8, 4) is 0 Å². The minimum atomic E-state index is -0.282. The zero-order chi connectivity index (χ0) is 15.9. The molecule has 22 heavy (non-hydrogen) atoms. The van der Waals surface area contributed by atoms with E-state index in [1.165, 1.54) is 4.80 Å². The second-order valence-electron chi connectivity index (χ2n) is 4.84. The van der Waals surface area contributed by atoms with E-state index in [9.17, 15) is 4.79 Å². The van der Waals surface area contributed by atoms with Crippen molar-refractivity contribution in [3.63, 3.8) is 0 Å². The number of benzene rings is 1. The molecule has 0 spiro atoms. The van der Waals surface area contributed by atoms with Gasteiger partial charge >= 0.3 is 0 Å². The molecule has 0 fully saturated rings. The third-order valence-corrected chi connectivity index (χ3v) is 3.13. The van der Waals surface area contributed by atoms with Crippen LogP contribution in [0.25, 0.3) is 0 Å². The standard InChI is InChI=1S/C14H18N6OS/c1-3-4-9-20-18-13(17-19-20)16-14(22)15-12(21)11-7-5-10(2)6-8-11/h5-8H,3-4,9H2,1-2H3,(H2,15,16,18,21,22). The van der Waals surface area contributed by atoms with E-state index in [-0.39, 0.29) is 17.0 Å². The molecule has 0 atom stereocenters. The Labute approximate surface area is 134 Å². The van der Waals surface area contributed by atoms with Crippen LogP contribution < -0.4 is 10.6 Å². The number of aryl methyl sites for hydroxylation is 2. The number of carbonyl (C=O) groups is 1. The Morgan fingerprint density at radius 2 is 2.05 bits per heavy atom. The summed E-state index contributed by atoms with van der Waals surface area (Å²) in [6.07, 6.45) is 2.03. The van der Waals surface area contributed by atoms with Crippen LogP contribution in [0.3, 0.4) is 0 Å². The highest BCUT2D eigenvalue weighted by atomic mass is 32.1. The minimum absolute atomic E-state index is 0.139. The molecule has 0 bridgehead atoms. The molecule has 1 heterocycles. The van der Waals surface area contributed by atoms with Crippen molar-refractivity contribution >= 4 is 29.2 Å². The summed E-state index contributed by atoms with van der Waals surface area (Å²) < 4.78 is 0. The van der Waals surface area contributed by atoms with E-state index in [0.717, 1.165) is 18.4 Å². The normalized spacial score (nSPS) is 10.3. The molecule has 116 valence electrons. The number of thiocarbonyl (C=S) groups is 1. The molecule has 0 radical (unpaired) electrons. The Morgan fingerprint density at radius 3 is 2.73 bits per heavy atom. The number of hydrogen-bond donors (Lipinski definition) is 2. The highest BCUT2D eigenvalue weighted by Gasteiger charge is 2.09. The van der Waals surface area contributed by atoms with Crippen molar-refractivity contribution in [3.05, 3.63) is 35.4 Å². The molecule has 0 aliphatic heterocycles. The first-order valence-corrected chi connectivity index (χ1v) is 7.46. The van der Waals surface area contributed by atoms with E-state index in [1.54, 1.807) is 12.1 Å². The van der Waals surface area contributed by atoms with E-state index in [2.05, 4.69) is 33.0 Å². The first kappa shape index (κ1) is 16.0. The predicted molar refractivity (Wildman–Crippen MR) is 87.6 cm³/mol. The van der Waals surface area contributed by atoms with Crippen LogP contribution in [0, 0.1) is 6.92 Å². The van der Waals surface area contributed by atoms with Gasteiger partial charge < -0.3 is 0 Å². The number of unbranched alkanes of at least 4 members (excludes halogenated alkanes) is 1. The summed E-state index contributed by atoms with van der Waals surface area (Å²) >= 11 is 5.07. The number of rotatable bonds is 5. The van der Waals surface area contributed by atoms with Crippen LogP contribution in [-0.2, 0) is 6.54 Å². The van der Waals surface area contributed by atoms with E-state index in [0.29, 0.717) is 12.1 Å². The molecular formula is C14H18N6OS. The molecule has 2 aromatic rings. The zero-order valence-corrected chi connectivity index (χ0v) is 13.4. The lowest BCUT2D eigenvalue weighted by atomic mass is 10.1. The number of hydrogen-bond acceptors (Lipinski definition) is 5. The quantitative estimate of drug-likeness (QED) is 0.819. The van der Waals surface area contributed by atoms with Gasteiger partial charge in [0.2, 0.25) is 0 Å². The monoisotopic (exact) mass is 318 g/mol. The Morgan fingerprint density at radius 1 is 1.32 bits per heavy atom. The van der Waals surface area contributed by atoms with E-state index in [4.69, 9.17) is 12.2 Å².